The predicted octanol–water partition coefficient (Wildman–Crippen LogP) is 4.83. The minimum absolute atomic E-state index is 0. The number of amides is 1. The van der Waals surface area contributed by atoms with Crippen LogP contribution in [-0.4, -0.2) is 62.7 Å². The Labute approximate surface area is 218 Å². The van der Waals surface area contributed by atoms with E-state index in [0.717, 1.165) is 35.4 Å². The Morgan fingerprint density at radius 1 is 1.06 bits per heavy atom. The van der Waals surface area contributed by atoms with E-state index in [2.05, 4.69) is 18.7 Å². The van der Waals surface area contributed by atoms with Crippen LogP contribution < -0.4 is 9.64 Å². The molecule has 35 heavy (non-hydrogen) atoms. The molecule has 192 valence electrons. The number of anilines is 1. The largest absolute Gasteiger partial charge is 0.494 e. The zero-order valence-electron chi connectivity index (χ0n) is 20.9. The number of methoxy groups -OCH3 is 1. The number of benzene rings is 2. The van der Waals surface area contributed by atoms with Gasteiger partial charge in [0, 0.05) is 13.1 Å². The molecule has 1 aromatic heterocycles. The van der Waals surface area contributed by atoms with Gasteiger partial charge in [-0.15, -0.1) is 12.4 Å². The van der Waals surface area contributed by atoms with Crippen molar-refractivity contribution in [2.24, 2.45) is 0 Å². The molecule has 0 aliphatic rings. The number of carbonyl (C=O) groups is 1. The number of thiazole rings is 1. The summed E-state index contributed by atoms with van der Waals surface area (Å²) >= 11 is 1.47. The van der Waals surface area contributed by atoms with Crippen LogP contribution in [0.3, 0.4) is 0 Å². The number of halogens is 1. The third kappa shape index (κ3) is 6.73. The molecule has 3 rings (SSSR count). The fourth-order valence-electron chi connectivity index (χ4n) is 3.64. The molecule has 0 saturated carbocycles. The Bertz CT molecular complexity index is 1220. The molecule has 0 saturated heterocycles. The zero-order chi connectivity index (χ0) is 24.9. The second-order valence-electron chi connectivity index (χ2n) is 8.29. The molecule has 2 aromatic carbocycles. The molecule has 1 heterocycles. The van der Waals surface area contributed by atoms with Crippen molar-refractivity contribution in [1.82, 2.24) is 9.88 Å². The first-order valence-corrected chi connectivity index (χ1v) is 13.9. The molecule has 7 nitrogen and oxygen atoms in total. The van der Waals surface area contributed by atoms with E-state index in [4.69, 9.17) is 9.72 Å². The van der Waals surface area contributed by atoms with Crippen molar-refractivity contribution < 1.29 is 17.9 Å². The lowest BCUT2D eigenvalue weighted by Crippen LogP contribution is -2.39. The molecule has 0 aliphatic carbocycles. The van der Waals surface area contributed by atoms with Gasteiger partial charge in [0.15, 0.2) is 15.0 Å². The van der Waals surface area contributed by atoms with Crippen LogP contribution in [0, 0.1) is 0 Å². The summed E-state index contributed by atoms with van der Waals surface area (Å²) in [6.07, 6.45) is 0.160. The van der Waals surface area contributed by atoms with Gasteiger partial charge in [-0.2, -0.15) is 0 Å². The number of rotatable bonds is 11. The molecular formula is C25H34ClN3O4S2. The maximum absolute atomic E-state index is 13.4. The highest BCUT2D eigenvalue weighted by molar-refractivity contribution is 7.92. The topological polar surface area (TPSA) is 79.8 Å². The molecule has 0 spiro atoms. The summed E-state index contributed by atoms with van der Waals surface area (Å²) in [5.41, 5.74) is 1.51. The van der Waals surface area contributed by atoms with Gasteiger partial charge in [-0.25, -0.2) is 13.4 Å². The van der Waals surface area contributed by atoms with Crippen molar-refractivity contribution in [2.75, 3.05) is 38.2 Å². The second-order valence-corrected chi connectivity index (χ2v) is 11.8. The summed E-state index contributed by atoms with van der Waals surface area (Å²) in [5.74, 6) is 0.600. The van der Waals surface area contributed by atoms with E-state index in [-0.39, 0.29) is 29.6 Å². The van der Waals surface area contributed by atoms with Gasteiger partial charge in [-0.3, -0.25) is 9.69 Å². The minimum Gasteiger partial charge on any atom is -0.494 e. The summed E-state index contributed by atoms with van der Waals surface area (Å²) in [5, 5.41) is 0.141. The van der Waals surface area contributed by atoms with Gasteiger partial charge in [0.2, 0.25) is 5.91 Å². The number of fused-ring (bicyclic) bond motifs is 1. The molecule has 0 fully saturated rings. The number of hydrogen-bond donors (Lipinski definition) is 0. The molecule has 10 heteroatoms. The number of hydrogen-bond acceptors (Lipinski definition) is 7. The van der Waals surface area contributed by atoms with Crippen LogP contribution in [0.2, 0.25) is 0 Å². The standard InChI is InChI=1S/C25H33N3O4S2.ClH/c1-6-27(7-2)15-16-28(25-26-24-21(32-5)9-8-10-22(24)33-25)23(29)17-19-11-13-20(14-12-19)34(30,31)18(3)4;/h8-14,18H,6-7,15-17H2,1-5H3;1H. The first kappa shape index (κ1) is 29.0. The van der Waals surface area contributed by atoms with Crippen molar-refractivity contribution in [3.05, 3.63) is 48.0 Å². The number of carbonyl (C=O) groups excluding carboxylic acids is 1. The lowest BCUT2D eigenvalue weighted by atomic mass is 10.1. The molecule has 0 aliphatic heterocycles. The van der Waals surface area contributed by atoms with Gasteiger partial charge in [0.05, 0.1) is 28.4 Å². The van der Waals surface area contributed by atoms with Crippen molar-refractivity contribution in [3.8, 4) is 5.75 Å². The lowest BCUT2D eigenvalue weighted by molar-refractivity contribution is -0.118. The fraction of sp³-hybridized carbons (Fsp3) is 0.440. The first-order valence-electron chi connectivity index (χ1n) is 11.5. The Morgan fingerprint density at radius 2 is 1.71 bits per heavy atom. The van der Waals surface area contributed by atoms with E-state index in [1.54, 1.807) is 50.1 Å². The highest BCUT2D eigenvalue weighted by Crippen LogP contribution is 2.34. The minimum atomic E-state index is -3.35. The lowest BCUT2D eigenvalue weighted by Gasteiger charge is -2.24. The van der Waals surface area contributed by atoms with Crippen molar-refractivity contribution in [3.63, 3.8) is 0 Å². The predicted molar refractivity (Wildman–Crippen MR) is 146 cm³/mol. The van der Waals surface area contributed by atoms with Crippen LogP contribution >= 0.6 is 23.7 Å². The quantitative estimate of drug-likeness (QED) is 0.347. The summed E-state index contributed by atoms with van der Waals surface area (Å²) in [6, 6.07) is 12.4. The monoisotopic (exact) mass is 539 g/mol. The number of ether oxygens (including phenoxy) is 1. The Kier molecular flexibility index (Phi) is 10.5. The zero-order valence-corrected chi connectivity index (χ0v) is 23.3. The van der Waals surface area contributed by atoms with E-state index in [1.807, 2.05) is 18.2 Å². The average molecular weight is 540 g/mol. The van der Waals surface area contributed by atoms with Gasteiger partial charge in [0.1, 0.15) is 11.3 Å². The summed E-state index contributed by atoms with van der Waals surface area (Å²) in [4.78, 5) is 22.5. The maximum Gasteiger partial charge on any atom is 0.233 e. The normalized spacial score (nSPS) is 11.6. The smallest absolute Gasteiger partial charge is 0.233 e. The van der Waals surface area contributed by atoms with Crippen LogP contribution in [0.15, 0.2) is 47.4 Å². The summed E-state index contributed by atoms with van der Waals surface area (Å²) in [6.45, 7) is 10.6. The first-order chi connectivity index (χ1) is 16.2. The van der Waals surface area contributed by atoms with Crippen LogP contribution in [0.4, 0.5) is 5.13 Å². The molecular weight excluding hydrogens is 506 g/mol. The third-order valence-electron chi connectivity index (χ3n) is 5.88. The summed E-state index contributed by atoms with van der Waals surface area (Å²) < 4.78 is 31.2. The van der Waals surface area contributed by atoms with Crippen LogP contribution in [-0.2, 0) is 21.1 Å². The highest BCUT2D eigenvalue weighted by atomic mass is 35.5. The van der Waals surface area contributed by atoms with E-state index in [1.165, 1.54) is 11.3 Å². The van der Waals surface area contributed by atoms with E-state index in [0.29, 0.717) is 17.4 Å². The molecule has 0 radical (unpaired) electrons. The molecule has 0 bridgehead atoms. The third-order valence-corrected chi connectivity index (χ3v) is 9.10. The number of sulfone groups is 1. The van der Waals surface area contributed by atoms with Gasteiger partial charge in [-0.05, 0) is 56.8 Å². The molecule has 3 aromatic rings. The second kappa shape index (κ2) is 12.7. The molecule has 0 unspecified atom stereocenters. The van der Waals surface area contributed by atoms with Crippen LogP contribution in [0.25, 0.3) is 10.2 Å². The highest BCUT2D eigenvalue weighted by Gasteiger charge is 2.23. The van der Waals surface area contributed by atoms with Gasteiger partial charge in [-0.1, -0.05) is 43.4 Å². The van der Waals surface area contributed by atoms with Gasteiger partial charge in [0.25, 0.3) is 0 Å². The molecule has 0 atom stereocenters. The Balaban J connectivity index is 0.00000432. The number of aromatic nitrogens is 1. The number of likely N-dealkylation sites (N-methyl/N-ethyl adjacent to an activating group) is 1. The molecule has 1 amide bonds. The average Bonchev–Trinajstić information content (AvgIpc) is 3.26. The van der Waals surface area contributed by atoms with Crippen LogP contribution in [0.5, 0.6) is 5.75 Å². The molecule has 0 N–H and O–H groups in total. The van der Waals surface area contributed by atoms with E-state index < -0.39 is 15.1 Å². The van der Waals surface area contributed by atoms with Gasteiger partial charge >= 0.3 is 0 Å². The fourth-order valence-corrected chi connectivity index (χ4v) is 5.73. The van der Waals surface area contributed by atoms with E-state index in [9.17, 15) is 13.2 Å². The van der Waals surface area contributed by atoms with Crippen molar-refractivity contribution in [1.29, 1.82) is 0 Å². The maximum atomic E-state index is 13.4. The summed E-state index contributed by atoms with van der Waals surface area (Å²) in [7, 11) is -1.74. The van der Waals surface area contributed by atoms with Crippen molar-refractivity contribution >= 4 is 54.8 Å². The Morgan fingerprint density at radius 3 is 2.29 bits per heavy atom. The van der Waals surface area contributed by atoms with Gasteiger partial charge < -0.3 is 9.64 Å². The number of nitrogens with zero attached hydrogens (tertiary/aromatic N) is 3. The Hall–Kier alpha value is -2.20. The number of para-hydroxylation sites is 1. The SMILES string of the molecule is CCN(CC)CCN(C(=O)Cc1ccc(S(=O)(=O)C(C)C)cc1)c1nc2c(OC)cccc2s1.Cl. The van der Waals surface area contributed by atoms with Crippen LogP contribution in [0.1, 0.15) is 33.3 Å². The van der Waals surface area contributed by atoms with Crippen molar-refractivity contribution in [2.45, 2.75) is 44.3 Å². The van der Waals surface area contributed by atoms with E-state index >= 15 is 0 Å².